The van der Waals surface area contributed by atoms with Crippen molar-refractivity contribution in [2.45, 2.75) is 64.3 Å². The quantitative estimate of drug-likeness (QED) is 0.348. The maximum atomic E-state index is 13.2. The largest absolute Gasteiger partial charge is 0.343 e. The Morgan fingerprint density at radius 1 is 0.913 bits per heavy atom. The minimum atomic E-state index is -2.94. The standard InChI is InChI=1S/C17H25F3O3/c1-2-3-4-5-6-7-8-13(17(21,22)23)9-12-10-14(18)16(20)15(19)11-12/h10-11,13,21-23H,2-9H2,1H3. The molecule has 23 heavy (non-hydrogen) atoms. The second-order valence-corrected chi connectivity index (χ2v) is 6.02. The first-order chi connectivity index (χ1) is 10.8. The zero-order valence-corrected chi connectivity index (χ0v) is 13.4. The number of halogens is 3. The summed E-state index contributed by atoms with van der Waals surface area (Å²) in [7, 11) is 0. The molecule has 0 aliphatic rings. The summed E-state index contributed by atoms with van der Waals surface area (Å²) in [4.78, 5) is 0. The van der Waals surface area contributed by atoms with Crippen molar-refractivity contribution in [1.29, 1.82) is 0 Å². The van der Waals surface area contributed by atoms with Gasteiger partial charge in [-0.05, 0) is 30.5 Å². The van der Waals surface area contributed by atoms with Gasteiger partial charge in [0.25, 0.3) is 5.97 Å². The molecule has 0 saturated heterocycles. The highest BCUT2D eigenvalue weighted by atomic mass is 19.2. The van der Waals surface area contributed by atoms with Crippen LogP contribution in [0.1, 0.15) is 57.4 Å². The van der Waals surface area contributed by atoms with Crippen molar-refractivity contribution in [2.24, 2.45) is 5.92 Å². The van der Waals surface area contributed by atoms with Crippen LogP contribution in [0.25, 0.3) is 0 Å². The van der Waals surface area contributed by atoms with Crippen molar-refractivity contribution < 1.29 is 28.5 Å². The number of hydrogen-bond acceptors (Lipinski definition) is 3. The topological polar surface area (TPSA) is 60.7 Å². The van der Waals surface area contributed by atoms with Crippen molar-refractivity contribution >= 4 is 0 Å². The molecule has 0 radical (unpaired) electrons. The molecule has 0 heterocycles. The highest BCUT2D eigenvalue weighted by Gasteiger charge is 2.32. The average molecular weight is 334 g/mol. The highest BCUT2D eigenvalue weighted by Crippen LogP contribution is 2.25. The molecule has 0 fully saturated rings. The first-order valence-electron chi connectivity index (χ1n) is 8.06. The van der Waals surface area contributed by atoms with Gasteiger partial charge in [-0.3, -0.25) is 0 Å². The zero-order chi connectivity index (χ0) is 17.5. The third-order valence-corrected chi connectivity index (χ3v) is 3.98. The van der Waals surface area contributed by atoms with Crippen molar-refractivity contribution in [2.75, 3.05) is 0 Å². The van der Waals surface area contributed by atoms with Crippen LogP contribution < -0.4 is 0 Å². The third-order valence-electron chi connectivity index (χ3n) is 3.98. The minimum Gasteiger partial charge on any atom is -0.343 e. The Balaban J connectivity index is 2.62. The monoisotopic (exact) mass is 334 g/mol. The van der Waals surface area contributed by atoms with Gasteiger partial charge < -0.3 is 15.3 Å². The summed E-state index contributed by atoms with van der Waals surface area (Å²) >= 11 is 0. The van der Waals surface area contributed by atoms with Gasteiger partial charge in [-0.15, -0.1) is 0 Å². The Bertz CT molecular complexity index is 463. The number of benzene rings is 1. The summed E-state index contributed by atoms with van der Waals surface area (Å²) in [5.74, 6) is -8.18. The molecule has 1 aromatic rings. The Morgan fingerprint density at radius 3 is 1.96 bits per heavy atom. The van der Waals surface area contributed by atoms with Gasteiger partial charge in [0.1, 0.15) is 0 Å². The van der Waals surface area contributed by atoms with E-state index in [1.54, 1.807) is 0 Å². The van der Waals surface area contributed by atoms with Gasteiger partial charge in [0.15, 0.2) is 17.5 Å². The molecule has 1 rings (SSSR count). The normalized spacial score (nSPS) is 13.3. The SMILES string of the molecule is CCCCCCCCC(Cc1cc(F)c(F)c(F)c1)C(O)(O)O. The van der Waals surface area contributed by atoms with Crippen molar-refractivity contribution in [3.63, 3.8) is 0 Å². The van der Waals surface area contributed by atoms with Crippen molar-refractivity contribution in [1.82, 2.24) is 0 Å². The highest BCUT2D eigenvalue weighted by molar-refractivity contribution is 5.20. The molecular weight excluding hydrogens is 309 g/mol. The van der Waals surface area contributed by atoms with Gasteiger partial charge >= 0.3 is 0 Å². The summed E-state index contributed by atoms with van der Waals surface area (Å²) in [6.07, 6.45) is 6.03. The van der Waals surface area contributed by atoms with Gasteiger partial charge in [-0.1, -0.05) is 45.4 Å². The van der Waals surface area contributed by atoms with E-state index in [4.69, 9.17) is 0 Å². The molecule has 0 amide bonds. The molecule has 6 heteroatoms. The number of aliphatic hydroxyl groups is 3. The summed E-state index contributed by atoms with van der Waals surface area (Å²) in [6, 6.07) is 1.61. The molecule has 0 aromatic heterocycles. The molecule has 0 bridgehead atoms. The number of unbranched alkanes of at least 4 members (excludes halogenated alkanes) is 5. The van der Waals surface area contributed by atoms with E-state index in [9.17, 15) is 28.5 Å². The Hall–Kier alpha value is -1.11. The molecule has 0 spiro atoms. The lowest BCUT2D eigenvalue weighted by Crippen LogP contribution is -2.38. The molecule has 1 aromatic carbocycles. The van der Waals surface area contributed by atoms with Gasteiger partial charge in [-0.25, -0.2) is 13.2 Å². The molecule has 1 atom stereocenters. The summed E-state index contributed by atoms with van der Waals surface area (Å²) in [5.41, 5.74) is 0.0684. The molecule has 132 valence electrons. The molecule has 1 unspecified atom stereocenters. The second-order valence-electron chi connectivity index (χ2n) is 6.02. The fraction of sp³-hybridized carbons (Fsp3) is 0.647. The van der Waals surface area contributed by atoms with Gasteiger partial charge in [-0.2, -0.15) is 0 Å². The second kappa shape index (κ2) is 9.25. The van der Waals surface area contributed by atoms with Gasteiger partial charge in [0, 0.05) is 5.92 Å². The van der Waals surface area contributed by atoms with E-state index in [0.29, 0.717) is 6.42 Å². The van der Waals surface area contributed by atoms with E-state index in [-0.39, 0.29) is 18.4 Å². The van der Waals surface area contributed by atoms with Crippen LogP contribution >= 0.6 is 0 Å². The first-order valence-corrected chi connectivity index (χ1v) is 8.06. The predicted octanol–water partition coefficient (Wildman–Crippen LogP) is 3.64. The van der Waals surface area contributed by atoms with Crippen molar-refractivity contribution in [3.8, 4) is 0 Å². The lowest BCUT2D eigenvalue weighted by Gasteiger charge is -2.26. The van der Waals surface area contributed by atoms with Crippen molar-refractivity contribution in [3.05, 3.63) is 35.1 Å². The van der Waals surface area contributed by atoms with E-state index < -0.39 is 29.3 Å². The first kappa shape index (κ1) is 19.9. The molecule has 3 N–H and O–H groups in total. The maximum absolute atomic E-state index is 13.2. The number of rotatable bonds is 10. The number of hydrogen-bond donors (Lipinski definition) is 3. The molecule has 0 aliphatic carbocycles. The summed E-state index contributed by atoms with van der Waals surface area (Å²) in [6.45, 7) is 2.11. The smallest absolute Gasteiger partial charge is 0.278 e. The van der Waals surface area contributed by atoms with Crippen LogP contribution in [0.2, 0.25) is 0 Å². The van der Waals surface area contributed by atoms with E-state index in [2.05, 4.69) is 6.92 Å². The van der Waals surface area contributed by atoms with Gasteiger partial charge in [0.05, 0.1) is 0 Å². The Labute approximate surface area is 134 Å². The van der Waals surface area contributed by atoms with E-state index in [1.807, 2.05) is 0 Å². The van der Waals surface area contributed by atoms with Crippen LogP contribution in [0.5, 0.6) is 0 Å². The molecular formula is C17H25F3O3. The Morgan fingerprint density at radius 2 is 1.43 bits per heavy atom. The third kappa shape index (κ3) is 6.89. The lowest BCUT2D eigenvalue weighted by atomic mass is 9.91. The minimum absolute atomic E-state index is 0.0684. The van der Waals surface area contributed by atoms with E-state index in [1.165, 1.54) is 0 Å². The fourth-order valence-corrected chi connectivity index (χ4v) is 2.61. The van der Waals surface area contributed by atoms with E-state index >= 15 is 0 Å². The van der Waals surface area contributed by atoms with Crippen LogP contribution in [-0.2, 0) is 6.42 Å². The van der Waals surface area contributed by atoms with Crippen LogP contribution in [0, 0.1) is 23.4 Å². The van der Waals surface area contributed by atoms with Crippen LogP contribution in [-0.4, -0.2) is 21.3 Å². The fourth-order valence-electron chi connectivity index (χ4n) is 2.61. The van der Waals surface area contributed by atoms with Gasteiger partial charge in [0.2, 0.25) is 0 Å². The molecule has 3 nitrogen and oxygen atoms in total. The molecule has 0 aliphatic heterocycles. The average Bonchev–Trinajstić information content (AvgIpc) is 2.46. The predicted molar refractivity (Wildman–Crippen MR) is 80.9 cm³/mol. The van der Waals surface area contributed by atoms with Crippen LogP contribution in [0.15, 0.2) is 12.1 Å². The maximum Gasteiger partial charge on any atom is 0.278 e. The van der Waals surface area contributed by atoms with Crippen LogP contribution in [0.3, 0.4) is 0 Å². The Kier molecular flexibility index (Phi) is 8.02. The zero-order valence-electron chi connectivity index (χ0n) is 13.4. The summed E-state index contributed by atoms with van der Waals surface area (Å²) in [5, 5.41) is 28.3. The summed E-state index contributed by atoms with van der Waals surface area (Å²) < 4.78 is 39.4. The molecule has 0 saturated carbocycles. The van der Waals surface area contributed by atoms with E-state index in [0.717, 1.165) is 44.2 Å². The van der Waals surface area contributed by atoms with Crippen LogP contribution in [0.4, 0.5) is 13.2 Å². The lowest BCUT2D eigenvalue weighted by molar-refractivity contribution is -0.342.